The molecule has 2 nitrogen and oxygen atoms in total. The van der Waals surface area contributed by atoms with Crippen molar-refractivity contribution in [2.75, 3.05) is 24.8 Å². The Kier molecular flexibility index (Phi) is 22.1. The third-order valence-corrected chi connectivity index (χ3v) is 0.810. The van der Waals surface area contributed by atoms with E-state index in [0.29, 0.717) is 24.8 Å². The van der Waals surface area contributed by atoms with Crippen LogP contribution < -0.4 is 11.5 Å². The molecule has 0 heterocycles. The second-order valence-corrected chi connectivity index (χ2v) is 1.71. The lowest BCUT2D eigenvalue weighted by atomic mass is 10.7. The minimum absolute atomic E-state index is 0.557. The van der Waals surface area contributed by atoms with E-state index in [0.717, 1.165) is 0 Å². The Hall–Kier alpha value is 0.500. The van der Waals surface area contributed by atoms with Crippen molar-refractivity contribution >= 4 is 23.2 Å². The number of hydrogen-bond acceptors (Lipinski definition) is 2. The molecule has 0 atom stereocenters. The Morgan fingerprint density at radius 1 is 0.875 bits per heavy atom. The Bertz CT molecular complexity index is 20.0. The standard InChI is InChI=1S/C2H4Cl2.C2H8N2/c2*3-1-2-4/h1-2H2;1-4H2. The molecule has 0 unspecified atom stereocenters. The minimum Gasteiger partial charge on any atom is -0.329 e. The van der Waals surface area contributed by atoms with Gasteiger partial charge >= 0.3 is 0 Å². The van der Waals surface area contributed by atoms with Gasteiger partial charge in [-0.15, -0.1) is 23.2 Å². The molecule has 0 bridgehead atoms. The summed E-state index contributed by atoms with van der Waals surface area (Å²) in [5, 5.41) is 0. The van der Waals surface area contributed by atoms with Crippen molar-refractivity contribution < 1.29 is 0 Å². The first-order valence-corrected chi connectivity index (χ1v) is 3.42. The van der Waals surface area contributed by atoms with E-state index in [-0.39, 0.29) is 0 Å². The second kappa shape index (κ2) is 15.6. The largest absolute Gasteiger partial charge is 0.329 e. The molecule has 0 aliphatic heterocycles. The van der Waals surface area contributed by atoms with Gasteiger partial charge in [-0.05, 0) is 0 Å². The minimum atomic E-state index is 0.557. The van der Waals surface area contributed by atoms with Gasteiger partial charge < -0.3 is 11.5 Å². The molecule has 0 aliphatic carbocycles. The lowest BCUT2D eigenvalue weighted by Crippen LogP contribution is -2.11. The SMILES string of the molecule is ClCCCl.NCCN. The fraction of sp³-hybridized carbons (Fsp3) is 1.00. The van der Waals surface area contributed by atoms with E-state index in [2.05, 4.69) is 0 Å². The van der Waals surface area contributed by atoms with Gasteiger partial charge in [-0.2, -0.15) is 0 Å². The molecule has 0 rings (SSSR count). The zero-order chi connectivity index (χ0) is 6.83. The topological polar surface area (TPSA) is 52.0 Å². The highest BCUT2D eigenvalue weighted by atomic mass is 35.5. The number of nitrogens with two attached hydrogens (primary N) is 2. The molecule has 0 aliphatic rings. The van der Waals surface area contributed by atoms with E-state index >= 15 is 0 Å². The average molecular weight is 159 g/mol. The highest BCUT2D eigenvalue weighted by molar-refractivity contribution is 6.25. The van der Waals surface area contributed by atoms with Crippen LogP contribution in [0.2, 0.25) is 0 Å². The summed E-state index contributed by atoms with van der Waals surface area (Å²) in [7, 11) is 0. The van der Waals surface area contributed by atoms with Crippen molar-refractivity contribution in [1.29, 1.82) is 0 Å². The van der Waals surface area contributed by atoms with Gasteiger partial charge in [0.15, 0.2) is 0 Å². The number of halogens is 2. The summed E-state index contributed by atoms with van der Waals surface area (Å²) in [6, 6.07) is 0. The molecule has 0 saturated heterocycles. The lowest BCUT2D eigenvalue weighted by molar-refractivity contribution is 0.976. The summed E-state index contributed by atoms with van der Waals surface area (Å²) in [6.07, 6.45) is 0. The molecule has 0 aromatic rings. The first-order chi connectivity index (χ1) is 3.83. The van der Waals surface area contributed by atoms with E-state index < -0.39 is 0 Å². The van der Waals surface area contributed by atoms with Crippen molar-refractivity contribution in [3.63, 3.8) is 0 Å². The fourth-order valence-electron chi connectivity index (χ4n) is 0. The number of rotatable bonds is 2. The Labute approximate surface area is 60.1 Å². The third kappa shape index (κ3) is 31.5. The van der Waals surface area contributed by atoms with Crippen LogP contribution in [0.3, 0.4) is 0 Å². The average Bonchev–Trinajstić information content (AvgIpc) is 1.88. The molecule has 0 fully saturated rings. The molecule has 8 heavy (non-hydrogen) atoms. The summed E-state index contributed by atoms with van der Waals surface area (Å²) < 4.78 is 0. The van der Waals surface area contributed by atoms with Crippen LogP contribution in [0.25, 0.3) is 0 Å². The van der Waals surface area contributed by atoms with Gasteiger partial charge in [0.1, 0.15) is 0 Å². The summed E-state index contributed by atoms with van der Waals surface area (Å²) in [4.78, 5) is 0. The summed E-state index contributed by atoms with van der Waals surface area (Å²) >= 11 is 10.1. The number of hydrogen-bond donors (Lipinski definition) is 2. The van der Waals surface area contributed by atoms with Crippen LogP contribution >= 0.6 is 23.2 Å². The van der Waals surface area contributed by atoms with Gasteiger partial charge in [0, 0.05) is 24.8 Å². The van der Waals surface area contributed by atoms with Crippen LogP contribution in [0, 0.1) is 0 Å². The monoisotopic (exact) mass is 158 g/mol. The Morgan fingerprint density at radius 3 is 1.12 bits per heavy atom. The normalized spacial score (nSPS) is 7.50. The van der Waals surface area contributed by atoms with Gasteiger partial charge in [0.2, 0.25) is 0 Å². The maximum absolute atomic E-state index is 5.05. The Balaban J connectivity index is 0. The maximum Gasteiger partial charge on any atom is 0.0359 e. The van der Waals surface area contributed by atoms with Gasteiger partial charge in [0.05, 0.1) is 0 Å². The van der Waals surface area contributed by atoms with E-state index in [9.17, 15) is 0 Å². The smallest absolute Gasteiger partial charge is 0.0359 e. The molecule has 4 heteroatoms. The van der Waals surface area contributed by atoms with Gasteiger partial charge in [-0.3, -0.25) is 0 Å². The van der Waals surface area contributed by atoms with Crippen molar-refractivity contribution in [2.24, 2.45) is 11.5 Å². The highest BCUT2D eigenvalue weighted by Crippen LogP contribution is 1.75. The predicted molar refractivity (Wildman–Crippen MR) is 39.5 cm³/mol. The Morgan fingerprint density at radius 2 is 1.12 bits per heavy atom. The number of alkyl halides is 2. The third-order valence-electron chi connectivity index (χ3n) is 0.238. The molecular weight excluding hydrogens is 147 g/mol. The van der Waals surface area contributed by atoms with Gasteiger partial charge in [-0.1, -0.05) is 0 Å². The first-order valence-electron chi connectivity index (χ1n) is 2.35. The molecule has 0 aromatic heterocycles. The fourth-order valence-corrected chi connectivity index (χ4v) is 0. The summed E-state index contributed by atoms with van der Waals surface area (Å²) in [5.41, 5.74) is 9.81. The quantitative estimate of drug-likeness (QED) is 0.572. The molecule has 0 amide bonds. The van der Waals surface area contributed by atoms with Crippen LogP contribution in [-0.2, 0) is 0 Å². The van der Waals surface area contributed by atoms with E-state index in [1.54, 1.807) is 0 Å². The molecule has 52 valence electrons. The lowest BCUT2D eigenvalue weighted by Gasteiger charge is -1.72. The van der Waals surface area contributed by atoms with Crippen molar-refractivity contribution in [3.05, 3.63) is 0 Å². The summed E-state index contributed by atoms with van der Waals surface area (Å²) in [6.45, 7) is 1.19. The molecule has 0 spiro atoms. The van der Waals surface area contributed by atoms with E-state index in [4.69, 9.17) is 34.7 Å². The van der Waals surface area contributed by atoms with Crippen molar-refractivity contribution in [1.82, 2.24) is 0 Å². The van der Waals surface area contributed by atoms with Crippen molar-refractivity contribution in [3.8, 4) is 0 Å². The molecular formula is C4H12Cl2N2. The van der Waals surface area contributed by atoms with Crippen LogP contribution in [0.15, 0.2) is 0 Å². The zero-order valence-electron chi connectivity index (χ0n) is 4.74. The zero-order valence-corrected chi connectivity index (χ0v) is 6.25. The van der Waals surface area contributed by atoms with Crippen molar-refractivity contribution in [2.45, 2.75) is 0 Å². The van der Waals surface area contributed by atoms with E-state index in [1.807, 2.05) is 0 Å². The summed E-state index contributed by atoms with van der Waals surface area (Å²) in [5.74, 6) is 1.11. The van der Waals surface area contributed by atoms with Crippen LogP contribution in [-0.4, -0.2) is 24.8 Å². The molecule has 4 N–H and O–H groups in total. The predicted octanol–water partition coefficient (Wildman–Crippen LogP) is 0.368. The van der Waals surface area contributed by atoms with Gasteiger partial charge in [0.25, 0.3) is 0 Å². The van der Waals surface area contributed by atoms with Crippen LogP contribution in [0.4, 0.5) is 0 Å². The van der Waals surface area contributed by atoms with Gasteiger partial charge in [-0.25, -0.2) is 0 Å². The molecule has 0 radical (unpaired) electrons. The van der Waals surface area contributed by atoms with Crippen LogP contribution in [0.1, 0.15) is 0 Å². The molecule has 0 saturated carbocycles. The second-order valence-electron chi connectivity index (χ2n) is 0.955. The first kappa shape index (κ1) is 11.3. The highest BCUT2D eigenvalue weighted by Gasteiger charge is 1.61. The van der Waals surface area contributed by atoms with E-state index in [1.165, 1.54) is 0 Å². The molecule has 0 aromatic carbocycles. The van der Waals surface area contributed by atoms with Crippen LogP contribution in [0.5, 0.6) is 0 Å². The maximum atomic E-state index is 5.05.